The third-order valence-corrected chi connectivity index (χ3v) is 3.96. The van der Waals surface area contributed by atoms with Crippen LogP contribution in [0.1, 0.15) is 19.4 Å². The Labute approximate surface area is 111 Å². The molecule has 7 heteroatoms. The number of carboxylic acid groups (broad SMARTS) is 1. The van der Waals surface area contributed by atoms with Crippen LogP contribution in [0, 0.1) is 18.7 Å². The van der Waals surface area contributed by atoms with Crippen LogP contribution in [0.25, 0.3) is 0 Å². The first kappa shape index (κ1) is 15.6. The highest BCUT2D eigenvalue weighted by atomic mass is 32.2. The maximum atomic E-state index is 13.2. The molecule has 0 spiro atoms. The Kier molecular flexibility index (Phi) is 4.65. The zero-order chi connectivity index (χ0) is 14.8. The molecule has 1 rings (SSSR count). The second-order valence-electron chi connectivity index (χ2n) is 4.65. The van der Waals surface area contributed by atoms with E-state index < -0.39 is 33.8 Å². The van der Waals surface area contributed by atoms with Crippen molar-refractivity contribution in [2.45, 2.75) is 31.7 Å². The molecule has 0 bridgehead atoms. The number of aryl methyl sites for hydroxylation is 1. The number of halogens is 1. The topological polar surface area (TPSA) is 83.5 Å². The minimum absolute atomic E-state index is 0.281. The summed E-state index contributed by atoms with van der Waals surface area (Å²) in [6, 6.07) is 2.07. The van der Waals surface area contributed by atoms with Gasteiger partial charge in [-0.15, -0.1) is 0 Å². The van der Waals surface area contributed by atoms with E-state index in [0.717, 1.165) is 6.07 Å². The van der Waals surface area contributed by atoms with Crippen molar-refractivity contribution in [2.75, 3.05) is 0 Å². The fourth-order valence-electron chi connectivity index (χ4n) is 1.56. The average Bonchev–Trinajstić information content (AvgIpc) is 2.23. The number of carbonyl (C=O) groups is 1. The quantitative estimate of drug-likeness (QED) is 0.861. The molecule has 0 saturated heterocycles. The number of aliphatic carboxylic acids is 1. The molecule has 1 aromatic carbocycles. The molecule has 2 N–H and O–H groups in total. The Balaban J connectivity index is 3.13. The number of sulfonamides is 1. The standard InChI is InChI=1S/C12H16FNO4S/c1-7(2)11(12(15)16)14-19(17,18)10-5-8(3)4-9(13)6-10/h4-7,11,14H,1-3H3,(H,15,16). The van der Waals surface area contributed by atoms with E-state index in [2.05, 4.69) is 4.72 Å². The molecule has 1 unspecified atom stereocenters. The monoisotopic (exact) mass is 289 g/mol. The molecule has 0 aromatic heterocycles. The first-order valence-corrected chi connectivity index (χ1v) is 7.14. The van der Waals surface area contributed by atoms with E-state index >= 15 is 0 Å². The summed E-state index contributed by atoms with van der Waals surface area (Å²) in [6.45, 7) is 4.72. The predicted molar refractivity (Wildman–Crippen MR) is 67.7 cm³/mol. The fourth-order valence-corrected chi connectivity index (χ4v) is 3.02. The van der Waals surface area contributed by atoms with Gasteiger partial charge in [0.1, 0.15) is 11.9 Å². The molecule has 0 amide bonds. The van der Waals surface area contributed by atoms with E-state index in [0.29, 0.717) is 5.56 Å². The number of benzene rings is 1. The van der Waals surface area contributed by atoms with Crippen molar-refractivity contribution in [3.8, 4) is 0 Å². The highest BCUT2D eigenvalue weighted by molar-refractivity contribution is 7.89. The molecule has 0 radical (unpaired) electrons. The molecule has 1 atom stereocenters. The van der Waals surface area contributed by atoms with Crippen molar-refractivity contribution in [1.29, 1.82) is 0 Å². The van der Waals surface area contributed by atoms with Crippen molar-refractivity contribution in [1.82, 2.24) is 4.72 Å². The maximum Gasteiger partial charge on any atom is 0.322 e. The molecule has 1 aromatic rings. The minimum atomic E-state index is -4.07. The molecular weight excluding hydrogens is 273 g/mol. The summed E-state index contributed by atoms with van der Waals surface area (Å²) in [6.07, 6.45) is 0. The summed E-state index contributed by atoms with van der Waals surface area (Å²) in [5, 5.41) is 8.96. The number of hydrogen-bond donors (Lipinski definition) is 2. The van der Waals surface area contributed by atoms with Gasteiger partial charge in [0.15, 0.2) is 0 Å². The average molecular weight is 289 g/mol. The van der Waals surface area contributed by atoms with Gasteiger partial charge in [-0.2, -0.15) is 4.72 Å². The molecule has 19 heavy (non-hydrogen) atoms. The molecule has 5 nitrogen and oxygen atoms in total. The summed E-state index contributed by atoms with van der Waals surface area (Å²) in [7, 11) is -4.07. The van der Waals surface area contributed by atoms with Gasteiger partial charge in [-0.3, -0.25) is 4.79 Å². The van der Waals surface area contributed by atoms with Crippen LogP contribution in [-0.4, -0.2) is 25.5 Å². The number of nitrogens with one attached hydrogen (secondary N) is 1. The van der Waals surface area contributed by atoms with E-state index in [1.807, 2.05) is 0 Å². The molecule has 0 saturated carbocycles. The predicted octanol–water partition coefficient (Wildman–Crippen LogP) is 1.52. The Morgan fingerprint density at radius 1 is 1.32 bits per heavy atom. The lowest BCUT2D eigenvalue weighted by molar-refractivity contribution is -0.140. The van der Waals surface area contributed by atoms with Crippen LogP contribution in [0.2, 0.25) is 0 Å². The number of rotatable bonds is 5. The molecular formula is C12H16FNO4S. The highest BCUT2D eigenvalue weighted by Gasteiger charge is 2.28. The zero-order valence-electron chi connectivity index (χ0n) is 10.8. The SMILES string of the molecule is Cc1cc(F)cc(S(=O)(=O)NC(C(=O)O)C(C)C)c1. The van der Waals surface area contributed by atoms with Crippen LogP contribution < -0.4 is 4.72 Å². The van der Waals surface area contributed by atoms with Crippen LogP contribution in [0.5, 0.6) is 0 Å². The molecule has 0 aliphatic rings. The lowest BCUT2D eigenvalue weighted by atomic mass is 10.1. The second kappa shape index (κ2) is 5.66. The Morgan fingerprint density at radius 2 is 1.89 bits per heavy atom. The Morgan fingerprint density at radius 3 is 2.32 bits per heavy atom. The third kappa shape index (κ3) is 4.00. The van der Waals surface area contributed by atoms with Gasteiger partial charge in [0.25, 0.3) is 0 Å². The van der Waals surface area contributed by atoms with E-state index in [1.54, 1.807) is 20.8 Å². The van der Waals surface area contributed by atoms with Gasteiger partial charge in [0.05, 0.1) is 4.90 Å². The van der Waals surface area contributed by atoms with Gasteiger partial charge in [0, 0.05) is 0 Å². The van der Waals surface area contributed by atoms with Crippen LogP contribution in [0.3, 0.4) is 0 Å². The maximum absolute atomic E-state index is 13.2. The highest BCUT2D eigenvalue weighted by Crippen LogP contribution is 2.15. The van der Waals surface area contributed by atoms with Gasteiger partial charge >= 0.3 is 5.97 Å². The fraction of sp³-hybridized carbons (Fsp3) is 0.417. The van der Waals surface area contributed by atoms with Crippen molar-refractivity contribution in [2.24, 2.45) is 5.92 Å². The van der Waals surface area contributed by atoms with Crippen LogP contribution in [-0.2, 0) is 14.8 Å². The minimum Gasteiger partial charge on any atom is -0.480 e. The Hall–Kier alpha value is -1.47. The van der Waals surface area contributed by atoms with Crippen molar-refractivity contribution in [3.63, 3.8) is 0 Å². The summed E-state index contributed by atoms with van der Waals surface area (Å²) in [4.78, 5) is 10.7. The first-order valence-electron chi connectivity index (χ1n) is 5.66. The Bertz CT molecular complexity index is 563. The molecule has 0 aliphatic carbocycles. The zero-order valence-corrected chi connectivity index (χ0v) is 11.7. The van der Waals surface area contributed by atoms with Gasteiger partial charge in [-0.25, -0.2) is 12.8 Å². The third-order valence-electron chi connectivity index (χ3n) is 2.54. The van der Waals surface area contributed by atoms with E-state index in [9.17, 15) is 17.6 Å². The van der Waals surface area contributed by atoms with Crippen LogP contribution in [0.4, 0.5) is 4.39 Å². The largest absolute Gasteiger partial charge is 0.480 e. The molecule has 0 fully saturated rings. The number of carboxylic acids is 1. The lowest BCUT2D eigenvalue weighted by Crippen LogP contribution is -2.44. The summed E-state index contributed by atoms with van der Waals surface area (Å²) in [5.41, 5.74) is 0.441. The summed E-state index contributed by atoms with van der Waals surface area (Å²) < 4.78 is 39.3. The normalized spacial score (nSPS) is 13.5. The van der Waals surface area contributed by atoms with Gasteiger partial charge < -0.3 is 5.11 Å². The first-order chi connectivity index (χ1) is 8.63. The van der Waals surface area contributed by atoms with Crippen molar-refractivity contribution >= 4 is 16.0 Å². The van der Waals surface area contributed by atoms with Crippen molar-refractivity contribution < 1.29 is 22.7 Å². The molecule has 0 heterocycles. The van der Waals surface area contributed by atoms with Gasteiger partial charge in [-0.1, -0.05) is 13.8 Å². The summed E-state index contributed by atoms with van der Waals surface area (Å²) in [5.74, 6) is -2.38. The van der Waals surface area contributed by atoms with Crippen LogP contribution >= 0.6 is 0 Å². The second-order valence-corrected chi connectivity index (χ2v) is 6.36. The van der Waals surface area contributed by atoms with Gasteiger partial charge in [0.2, 0.25) is 10.0 Å². The van der Waals surface area contributed by atoms with Gasteiger partial charge in [-0.05, 0) is 36.6 Å². The molecule has 0 aliphatic heterocycles. The lowest BCUT2D eigenvalue weighted by Gasteiger charge is -2.18. The smallest absolute Gasteiger partial charge is 0.322 e. The van der Waals surface area contributed by atoms with Crippen molar-refractivity contribution in [3.05, 3.63) is 29.6 Å². The number of hydrogen-bond acceptors (Lipinski definition) is 3. The van der Waals surface area contributed by atoms with E-state index in [1.165, 1.54) is 12.1 Å². The van der Waals surface area contributed by atoms with Crippen LogP contribution in [0.15, 0.2) is 23.1 Å². The molecule has 106 valence electrons. The van der Waals surface area contributed by atoms with E-state index in [-0.39, 0.29) is 4.90 Å². The van der Waals surface area contributed by atoms with E-state index in [4.69, 9.17) is 5.11 Å². The summed E-state index contributed by atoms with van der Waals surface area (Å²) >= 11 is 0.